The molecule has 0 bridgehead atoms. The maximum Gasteiger partial charge on any atom is 0.329 e. The van der Waals surface area contributed by atoms with E-state index < -0.39 is 11.5 Å². The molecule has 0 aromatic carbocycles. The van der Waals surface area contributed by atoms with Crippen molar-refractivity contribution in [1.29, 1.82) is 0 Å². The molecule has 0 saturated heterocycles. The number of hydrogen-bond acceptors (Lipinski definition) is 2. The molecule has 2 amide bonds. The van der Waals surface area contributed by atoms with Crippen molar-refractivity contribution in [2.75, 3.05) is 6.54 Å². The highest BCUT2D eigenvalue weighted by Gasteiger charge is 2.40. The summed E-state index contributed by atoms with van der Waals surface area (Å²) < 4.78 is 0. The van der Waals surface area contributed by atoms with Gasteiger partial charge in [-0.05, 0) is 38.5 Å². The summed E-state index contributed by atoms with van der Waals surface area (Å²) in [4.78, 5) is 23.3. The molecular weight excluding hydrogens is 256 g/mol. The standard InChI is InChI=1S/C15H24N2O3/c18-13(19)15(9-4-1-5-10-15)17-14(20)16-11-8-12-6-2-3-7-12/h6H,1-5,7-11H2,(H,18,19)(H2,16,17,20). The molecule has 0 unspecified atom stereocenters. The third kappa shape index (κ3) is 3.74. The molecule has 0 aromatic rings. The normalized spacial score (nSPS) is 21.1. The van der Waals surface area contributed by atoms with Crippen molar-refractivity contribution in [3.63, 3.8) is 0 Å². The number of carboxylic acids is 1. The van der Waals surface area contributed by atoms with Crippen LogP contribution in [0.25, 0.3) is 0 Å². The second-order valence-corrected chi connectivity index (χ2v) is 5.83. The zero-order valence-corrected chi connectivity index (χ0v) is 11.9. The van der Waals surface area contributed by atoms with E-state index in [2.05, 4.69) is 16.7 Å². The molecule has 2 rings (SSSR count). The number of carbonyl (C=O) groups excluding carboxylic acids is 1. The van der Waals surface area contributed by atoms with Crippen LogP contribution >= 0.6 is 0 Å². The molecule has 3 N–H and O–H groups in total. The first kappa shape index (κ1) is 14.9. The lowest BCUT2D eigenvalue weighted by molar-refractivity contribution is -0.145. The summed E-state index contributed by atoms with van der Waals surface area (Å²) >= 11 is 0. The molecule has 1 fully saturated rings. The van der Waals surface area contributed by atoms with Gasteiger partial charge < -0.3 is 15.7 Å². The number of allylic oxidation sites excluding steroid dienone is 1. The molecule has 112 valence electrons. The number of carboxylic acid groups (broad SMARTS) is 1. The molecule has 2 aliphatic rings. The average molecular weight is 280 g/mol. The van der Waals surface area contributed by atoms with Crippen LogP contribution in [0.1, 0.15) is 57.8 Å². The molecule has 2 aliphatic carbocycles. The zero-order chi connectivity index (χ0) is 14.4. The van der Waals surface area contributed by atoms with E-state index in [1.54, 1.807) is 0 Å². The van der Waals surface area contributed by atoms with Crippen LogP contribution < -0.4 is 10.6 Å². The van der Waals surface area contributed by atoms with E-state index in [1.807, 2.05) is 0 Å². The van der Waals surface area contributed by atoms with Gasteiger partial charge in [0, 0.05) is 6.54 Å². The molecule has 0 spiro atoms. The number of urea groups is 1. The van der Waals surface area contributed by atoms with Crippen molar-refractivity contribution < 1.29 is 14.7 Å². The van der Waals surface area contributed by atoms with Gasteiger partial charge in [0.1, 0.15) is 5.54 Å². The van der Waals surface area contributed by atoms with E-state index in [-0.39, 0.29) is 6.03 Å². The lowest BCUT2D eigenvalue weighted by atomic mass is 9.82. The zero-order valence-electron chi connectivity index (χ0n) is 11.9. The third-order valence-electron chi connectivity index (χ3n) is 4.34. The van der Waals surface area contributed by atoms with Crippen molar-refractivity contribution in [2.45, 2.75) is 63.3 Å². The Labute approximate surface area is 119 Å². The first-order valence-corrected chi connectivity index (χ1v) is 7.60. The Kier molecular flexibility index (Phi) is 5.04. The second kappa shape index (κ2) is 6.77. The van der Waals surface area contributed by atoms with Crippen LogP contribution in [0, 0.1) is 0 Å². The molecule has 20 heavy (non-hydrogen) atoms. The predicted octanol–water partition coefficient (Wildman–Crippen LogP) is 2.57. The summed E-state index contributed by atoms with van der Waals surface area (Å²) in [7, 11) is 0. The number of nitrogens with one attached hydrogen (secondary N) is 2. The smallest absolute Gasteiger partial charge is 0.329 e. The van der Waals surface area contributed by atoms with Crippen molar-refractivity contribution >= 4 is 12.0 Å². The Morgan fingerprint density at radius 1 is 1.20 bits per heavy atom. The molecule has 0 atom stereocenters. The lowest BCUT2D eigenvalue weighted by Gasteiger charge is -2.33. The predicted molar refractivity (Wildman–Crippen MR) is 76.5 cm³/mol. The highest BCUT2D eigenvalue weighted by atomic mass is 16.4. The molecule has 0 aliphatic heterocycles. The van der Waals surface area contributed by atoms with Gasteiger partial charge in [-0.1, -0.05) is 30.9 Å². The van der Waals surface area contributed by atoms with Crippen molar-refractivity contribution in [3.8, 4) is 0 Å². The van der Waals surface area contributed by atoms with E-state index >= 15 is 0 Å². The minimum absolute atomic E-state index is 0.354. The number of hydrogen-bond donors (Lipinski definition) is 3. The molecule has 0 radical (unpaired) electrons. The largest absolute Gasteiger partial charge is 0.480 e. The van der Waals surface area contributed by atoms with Gasteiger partial charge in [0.05, 0.1) is 0 Å². The maximum atomic E-state index is 11.9. The van der Waals surface area contributed by atoms with Crippen LogP contribution in [0.3, 0.4) is 0 Å². The Balaban J connectivity index is 1.77. The Morgan fingerprint density at radius 3 is 2.55 bits per heavy atom. The summed E-state index contributed by atoms with van der Waals surface area (Å²) in [6, 6.07) is -0.354. The molecule has 0 aromatic heterocycles. The number of rotatable bonds is 5. The fourth-order valence-corrected chi connectivity index (χ4v) is 3.11. The Morgan fingerprint density at radius 2 is 1.95 bits per heavy atom. The number of amides is 2. The van der Waals surface area contributed by atoms with Gasteiger partial charge in [-0.3, -0.25) is 0 Å². The number of carbonyl (C=O) groups is 2. The summed E-state index contributed by atoms with van der Waals surface area (Å²) in [6.45, 7) is 0.577. The summed E-state index contributed by atoms with van der Waals surface area (Å²) in [6.07, 6.45) is 10.4. The minimum atomic E-state index is -1.06. The van der Waals surface area contributed by atoms with Crippen LogP contribution in [-0.4, -0.2) is 29.2 Å². The van der Waals surface area contributed by atoms with Gasteiger partial charge in [-0.25, -0.2) is 9.59 Å². The average Bonchev–Trinajstić information content (AvgIpc) is 2.93. The SMILES string of the molecule is O=C(NCCC1=CCCC1)NC1(C(=O)O)CCCCC1. The quantitative estimate of drug-likeness (QED) is 0.677. The molecular formula is C15H24N2O3. The summed E-state index contributed by atoms with van der Waals surface area (Å²) in [5.74, 6) is -0.911. The van der Waals surface area contributed by atoms with Gasteiger partial charge in [-0.2, -0.15) is 0 Å². The fraction of sp³-hybridized carbons (Fsp3) is 0.733. The first-order valence-electron chi connectivity index (χ1n) is 7.60. The van der Waals surface area contributed by atoms with Crippen molar-refractivity contribution in [3.05, 3.63) is 11.6 Å². The maximum absolute atomic E-state index is 11.9. The Hall–Kier alpha value is -1.52. The van der Waals surface area contributed by atoms with E-state index in [4.69, 9.17) is 0 Å². The fourth-order valence-electron chi connectivity index (χ4n) is 3.11. The Bertz CT molecular complexity index is 398. The highest BCUT2D eigenvalue weighted by molar-refractivity contribution is 5.86. The van der Waals surface area contributed by atoms with Crippen LogP contribution in [0.4, 0.5) is 4.79 Å². The van der Waals surface area contributed by atoms with Gasteiger partial charge in [-0.15, -0.1) is 0 Å². The lowest BCUT2D eigenvalue weighted by Crippen LogP contribution is -2.58. The molecule has 0 heterocycles. The highest BCUT2D eigenvalue weighted by Crippen LogP contribution is 2.28. The van der Waals surface area contributed by atoms with Gasteiger partial charge in [0.15, 0.2) is 0 Å². The van der Waals surface area contributed by atoms with E-state index in [0.717, 1.165) is 38.5 Å². The minimum Gasteiger partial charge on any atom is -0.480 e. The number of aliphatic carboxylic acids is 1. The van der Waals surface area contributed by atoms with Crippen LogP contribution in [0.5, 0.6) is 0 Å². The van der Waals surface area contributed by atoms with E-state index in [1.165, 1.54) is 12.0 Å². The summed E-state index contributed by atoms with van der Waals surface area (Å²) in [5, 5.41) is 14.9. The van der Waals surface area contributed by atoms with Crippen LogP contribution in [0.15, 0.2) is 11.6 Å². The van der Waals surface area contributed by atoms with E-state index in [9.17, 15) is 14.7 Å². The molecule has 1 saturated carbocycles. The topological polar surface area (TPSA) is 78.4 Å². The second-order valence-electron chi connectivity index (χ2n) is 5.83. The van der Waals surface area contributed by atoms with E-state index in [0.29, 0.717) is 19.4 Å². The van der Waals surface area contributed by atoms with Crippen LogP contribution in [-0.2, 0) is 4.79 Å². The molecule has 5 nitrogen and oxygen atoms in total. The van der Waals surface area contributed by atoms with Gasteiger partial charge >= 0.3 is 12.0 Å². The van der Waals surface area contributed by atoms with Crippen LogP contribution in [0.2, 0.25) is 0 Å². The van der Waals surface area contributed by atoms with Crippen molar-refractivity contribution in [1.82, 2.24) is 10.6 Å². The third-order valence-corrected chi connectivity index (χ3v) is 4.34. The van der Waals surface area contributed by atoms with Gasteiger partial charge in [0.25, 0.3) is 0 Å². The monoisotopic (exact) mass is 280 g/mol. The van der Waals surface area contributed by atoms with Crippen molar-refractivity contribution in [2.24, 2.45) is 0 Å². The first-order chi connectivity index (χ1) is 9.62. The van der Waals surface area contributed by atoms with Gasteiger partial charge in [0.2, 0.25) is 0 Å². The summed E-state index contributed by atoms with van der Waals surface area (Å²) in [5.41, 5.74) is 0.338. The molecule has 5 heteroatoms.